The largest absolute Gasteiger partial charge is 0.405 e. The lowest BCUT2D eigenvalue weighted by atomic mass is 10.3. The van der Waals surface area contributed by atoms with Crippen LogP contribution in [0.25, 0.3) is 0 Å². The summed E-state index contributed by atoms with van der Waals surface area (Å²) in [5.41, 5.74) is 0. The molecule has 24 heavy (non-hydrogen) atoms. The van der Waals surface area contributed by atoms with E-state index in [0.717, 1.165) is 12.8 Å². The molecule has 0 aromatic heterocycles. The first kappa shape index (κ1) is 28.1. The zero-order valence-corrected chi connectivity index (χ0v) is 13.4. The molecule has 0 aromatic rings. The van der Waals surface area contributed by atoms with E-state index in [4.69, 9.17) is 19.3 Å². The third kappa shape index (κ3) is 42.9. The van der Waals surface area contributed by atoms with Crippen molar-refractivity contribution in [3.05, 3.63) is 0 Å². The van der Waals surface area contributed by atoms with Crippen LogP contribution in [0.1, 0.15) is 12.8 Å². The van der Waals surface area contributed by atoms with Crippen molar-refractivity contribution in [3.8, 4) is 0 Å². The van der Waals surface area contributed by atoms with Gasteiger partial charge in [0.2, 0.25) is 0 Å². The minimum absolute atomic E-state index is 0.195. The summed E-state index contributed by atoms with van der Waals surface area (Å²) in [6.45, 7) is 0.390. The molecule has 8 nitrogen and oxygen atoms in total. The Kier molecular flexibility index (Phi) is 13.8. The van der Waals surface area contributed by atoms with E-state index in [1.165, 1.54) is 0 Å². The molecule has 0 bridgehead atoms. The Hall–Kier alpha value is -0.680. The van der Waals surface area contributed by atoms with Crippen molar-refractivity contribution in [3.63, 3.8) is 0 Å². The minimum atomic E-state index is -4.91. The molecule has 0 aromatic carbocycles. The molecule has 0 fully saturated rings. The van der Waals surface area contributed by atoms with Gasteiger partial charge in [0.25, 0.3) is 20.2 Å². The predicted molar refractivity (Wildman–Crippen MR) is 68.3 cm³/mol. The first-order valence-corrected chi connectivity index (χ1v) is 8.80. The van der Waals surface area contributed by atoms with E-state index < -0.39 is 44.1 Å². The van der Waals surface area contributed by atoms with E-state index in [2.05, 4.69) is 0 Å². The Balaban J connectivity index is -0.000000282. The Bertz CT molecular complexity index is 462. The molecule has 0 aliphatic carbocycles. The highest BCUT2D eigenvalue weighted by atomic mass is 32.2. The molecule has 150 valence electrons. The zero-order chi connectivity index (χ0) is 20.2. The summed E-state index contributed by atoms with van der Waals surface area (Å²) >= 11 is 0. The molecule has 0 rings (SSSR count). The van der Waals surface area contributed by atoms with Crippen molar-refractivity contribution >= 4 is 20.2 Å². The van der Waals surface area contributed by atoms with Crippen LogP contribution < -0.4 is 0 Å². The van der Waals surface area contributed by atoms with Gasteiger partial charge < -0.3 is 10.2 Å². The average Bonchev–Trinajstić information content (AvgIpc) is 2.17. The van der Waals surface area contributed by atoms with Crippen molar-refractivity contribution < 1.29 is 62.5 Å². The van der Waals surface area contributed by atoms with E-state index in [1.807, 2.05) is 0 Å². The van der Waals surface area contributed by atoms with Gasteiger partial charge in [-0.05, 0) is 12.8 Å². The molecule has 16 heteroatoms. The number of halogens is 6. The molecule has 0 spiro atoms. The molecule has 0 saturated carbocycles. The second-order valence-corrected chi connectivity index (χ2v) is 6.74. The van der Waals surface area contributed by atoms with Crippen LogP contribution in [0.2, 0.25) is 0 Å². The number of hydrogen-bond donors (Lipinski definition) is 4. The third-order valence-corrected chi connectivity index (χ3v) is 2.64. The van der Waals surface area contributed by atoms with Gasteiger partial charge in [-0.2, -0.15) is 43.2 Å². The molecular weight excluding hydrogens is 402 g/mol. The van der Waals surface area contributed by atoms with Crippen LogP contribution in [0.5, 0.6) is 0 Å². The summed E-state index contributed by atoms with van der Waals surface area (Å²) in [6.07, 6.45) is -8.27. The first-order chi connectivity index (χ1) is 10.3. The molecule has 0 saturated heterocycles. The molecule has 4 N–H and O–H groups in total. The summed E-state index contributed by atoms with van der Waals surface area (Å²) in [5.74, 6) is -4.36. The highest BCUT2D eigenvalue weighted by Gasteiger charge is 2.34. The predicted octanol–water partition coefficient (Wildman–Crippen LogP) is 0.624. The Morgan fingerprint density at radius 1 is 0.625 bits per heavy atom. The van der Waals surface area contributed by atoms with Gasteiger partial charge in [-0.25, -0.2) is 0 Å². The SMILES string of the molecule is O=S(=O)(O)CC(F)(F)F.O=S(=O)(O)CC(F)(F)F.OCCCCO. The van der Waals surface area contributed by atoms with E-state index in [0.29, 0.717) is 0 Å². The molecule has 0 aliphatic heterocycles. The molecule has 0 unspecified atom stereocenters. The lowest BCUT2D eigenvalue weighted by molar-refractivity contribution is -0.108. The van der Waals surface area contributed by atoms with Gasteiger partial charge in [0.15, 0.2) is 11.5 Å². The van der Waals surface area contributed by atoms with Crippen LogP contribution in [0.15, 0.2) is 0 Å². The molecule has 0 radical (unpaired) electrons. The second kappa shape index (κ2) is 11.8. The van der Waals surface area contributed by atoms with E-state index in [1.54, 1.807) is 0 Å². The lowest BCUT2D eigenvalue weighted by Crippen LogP contribution is -2.21. The molecular formula is C8H16F6O8S2. The quantitative estimate of drug-likeness (QED) is 0.288. The van der Waals surface area contributed by atoms with Crippen molar-refractivity contribution in [1.29, 1.82) is 0 Å². The monoisotopic (exact) mass is 418 g/mol. The van der Waals surface area contributed by atoms with Crippen LogP contribution in [0.4, 0.5) is 26.3 Å². The fourth-order valence-corrected chi connectivity index (χ4v) is 1.46. The van der Waals surface area contributed by atoms with Crippen LogP contribution >= 0.6 is 0 Å². The molecule has 0 aliphatic rings. The number of unbranched alkanes of at least 4 members (excludes halogenated alkanes) is 1. The maximum atomic E-state index is 11.0. The summed E-state index contributed by atoms with van der Waals surface area (Å²) in [7, 11) is -9.81. The van der Waals surface area contributed by atoms with Crippen molar-refractivity contribution in [2.75, 3.05) is 24.7 Å². The highest BCUT2D eigenvalue weighted by molar-refractivity contribution is 7.86. The summed E-state index contributed by atoms with van der Waals surface area (Å²) < 4.78 is 119. The van der Waals surface area contributed by atoms with Crippen LogP contribution in [-0.4, -0.2) is 73.2 Å². The Morgan fingerprint density at radius 2 is 0.833 bits per heavy atom. The van der Waals surface area contributed by atoms with Gasteiger partial charge in [-0.3, -0.25) is 9.11 Å². The number of aliphatic hydroxyl groups is 2. The van der Waals surface area contributed by atoms with Gasteiger partial charge in [-0.1, -0.05) is 0 Å². The van der Waals surface area contributed by atoms with Crippen LogP contribution in [-0.2, 0) is 20.2 Å². The maximum Gasteiger partial charge on any atom is 0.405 e. The van der Waals surface area contributed by atoms with Gasteiger partial charge in [-0.15, -0.1) is 0 Å². The third-order valence-electron chi connectivity index (χ3n) is 1.26. The number of alkyl halides is 6. The first-order valence-electron chi connectivity index (χ1n) is 5.58. The van der Waals surface area contributed by atoms with Gasteiger partial charge in [0, 0.05) is 13.2 Å². The second-order valence-electron chi connectivity index (χ2n) is 3.84. The molecule has 0 amide bonds. The lowest BCUT2D eigenvalue weighted by Gasteiger charge is -2.00. The fourth-order valence-electron chi connectivity index (χ4n) is 0.637. The smallest absolute Gasteiger partial charge is 0.396 e. The van der Waals surface area contributed by atoms with Gasteiger partial charge >= 0.3 is 12.4 Å². The van der Waals surface area contributed by atoms with E-state index in [9.17, 15) is 43.2 Å². The molecule has 0 atom stereocenters. The van der Waals surface area contributed by atoms with Crippen molar-refractivity contribution in [2.24, 2.45) is 0 Å². The number of hydrogen-bond acceptors (Lipinski definition) is 6. The topological polar surface area (TPSA) is 149 Å². The van der Waals surface area contributed by atoms with Crippen LogP contribution in [0.3, 0.4) is 0 Å². The standard InChI is InChI=1S/C4H10O2.2C2H3F3O3S/c5-3-1-2-4-6;2*3-2(4,5)1-9(6,7)8/h5-6H,1-4H2;2*1H2,(H,6,7,8). The van der Waals surface area contributed by atoms with Crippen LogP contribution in [0, 0.1) is 0 Å². The van der Waals surface area contributed by atoms with Gasteiger partial charge in [0.1, 0.15) is 0 Å². The summed E-state index contributed by atoms with van der Waals surface area (Å²) in [6, 6.07) is 0. The number of rotatable bonds is 5. The van der Waals surface area contributed by atoms with E-state index >= 15 is 0 Å². The summed E-state index contributed by atoms with van der Waals surface area (Å²) in [5, 5.41) is 16.2. The maximum absolute atomic E-state index is 11.0. The van der Waals surface area contributed by atoms with Crippen molar-refractivity contribution in [1.82, 2.24) is 0 Å². The number of aliphatic hydroxyl groups excluding tert-OH is 2. The van der Waals surface area contributed by atoms with E-state index in [-0.39, 0.29) is 13.2 Å². The summed E-state index contributed by atoms with van der Waals surface area (Å²) in [4.78, 5) is 0. The molecule has 0 heterocycles. The average molecular weight is 418 g/mol. The Morgan fingerprint density at radius 3 is 0.875 bits per heavy atom. The van der Waals surface area contributed by atoms with Crippen molar-refractivity contribution in [2.45, 2.75) is 25.2 Å². The minimum Gasteiger partial charge on any atom is -0.396 e. The Labute approximate surface area is 133 Å². The van der Waals surface area contributed by atoms with Gasteiger partial charge in [0.05, 0.1) is 0 Å². The zero-order valence-electron chi connectivity index (χ0n) is 11.7. The fraction of sp³-hybridized carbons (Fsp3) is 1.00. The highest BCUT2D eigenvalue weighted by Crippen LogP contribution is 2.16. The normalized spacial score (nSPS) is 12.6.